The quantitative estimate of drug-likeness (QED) is 0.223. The summed E-state index contributed by atoms with van der Waals surface area (Å²) >= 11 is 5.64. The Morgan fingerprint density at radius 2 is 1.90 bits per heavy atom. The number of phenolic OH excluding ortho intramolecular Hbond substituents is 1. The van der Waals surface area contributed by atoms with Crippen molar-refractivity contribution in [1.29, 1.82) is 0 Å². The Morgan fingerprint density at radius 1 is 1.10 bits per heavy atom. The van der Waals surface area contributed by atoms with Crippen LogP contribution >= 0.6 is 38.5 Å². The number of nitrogens with zero attached hydrogens (tertiary/aromatic N) is 5. The molecule has 31 heavy (non-hydrogen) atoms. The summed E-state index contributed by atoms with van der Waals surface area (Å²) < 4.78 is 7.37. The van der Waals surface area contributed by atoms with Gasteiger partial charge in [0.1, 0.15) is 5.75 Å². The fraction of sp³-hybridized carbons (Fsp3) is 0.200. The van der Waals surface area contributed by atoms with Gasteiger partial charge in [0.15, 0.2) is 0 Å². The molecule has 1 aromatic heterocycles. The van der Waals surface area contributed by atoms with Crippen LogP contribution in [0.1, 0.15) is 5.56 Å². The number of anilines is 4. The number of rotatable bonds is 6. The van der Waals surface area contributed by atoms with E-state index in [1.807, 2.05) is 41.3 Å². The number of morpholine rings is 1. The van der Waals surface area contributed by atoms with E-state index in [-0.39, 0.29) is 11.7 Å². The van der Waals surface area contributed by atoms with E-state index in [1.54, 1.807) is 6.07 Å². The monoisotopic (exact) mass is 595 g/mol. The van der Waals surface area contributed by atoms with Crippen LogP contribution in [0.2, 0.25) is 0 Å². The Hall–Kier alpha value is -2.51. The maximum absolute atomic E-state index is 9.98. The van der Waals surface area contributed by atoms with Crippen LogP contribution in [0, 0.1) is 3.57 Å². The molecule has 0 aliphatic carbocycles. The van der Waals surface area contributed by atoms with Gasteiger partial charge in [-0.25, -0.2) is 5.43 Å². The first-order valence-electron chi connectivity index (χ1n) is 9.46. The molecule has 0 saturated carbocycles. The number of aromatic hydroxyl groups is 1. The average Bonchev–Trinajstić information content (AvgIpc) is 2.77. The van der Waals surface area contributed by atoms with Crippen molar-refractivity contribution in [3.05, 3.63) is 56.1 Å². The molecular formula is C20H19BrIN7O2. The molecule has 0 spiro atoms. The number of hydrazone groups is 1. The van der Waals surface area contributed by atoms with E-state index in [1.165, 1.54) is 6.21 Å². The lowest BCUT2D eigenvalue weighted by Crippen LogP contribution is -2.37. The summed E-state index contributed by atoms with van der Waals surface area (Å²) in [6, 6.07) is 13.0. The van der Waals surface area contributed by atoms with E-state index in [2.05, 4.69) is 69.3 Å². The number of halogens is 2. The highest BCUT2D eigenvalue weighted by molar-refractivity contribution is 14.1. The summed E-state index contributed by atoms with van der Waals surface area (Å²) in [5, 5.41) is 17.4. The third-order valence-electron chi connectivity index (χ3n) is 4.36. The second-order valence-corrected chi connectivity index (χ2v) is 8.75. The average molecular weight is 596 g/mol. The van der Waals surface area contributed by atoms with Crippen molar-refractivity contribution in [3.63, 3.8) is 0 Å². The normalized spacial score (nSPS) is 14.1. The van der Waals surface area contributed by atoms with Gasteiger partial charge in [0.05, 0.1) is 19.4 Å². The molecule has 2 heterocycles. The molecule has 3 N–H and O–H groups in total. The molecule has 2 aromatic carbocycles. The van der Waals surface area contributed by atoms with Gasteiger partial charge in [-0.15, -0.1) is 0 Å². The van der Waals surface area contributed by atoms with Gasteiger partial charge in [0.2, 0.25) is 17.8 Å². The molecule has 4 rings (SSSR count). The van der Waals surface area contributed by atoms with Gasteiger partial charge in [-0.3, -0.25) is 0 Å². The van der Waals surface area contributed by atoms with Crippen LogP contribution in [0.3, 0.4) is 0 Å². The smallest absolute Gasteiger partial charge is 0.250 e. The third-order valence-corrected chi connectivity index (χ3v) is 5.52. The van der Waals surface area contributed by atoms with Gasteiger partial charge >= 0.3 is 0 Å². The minimum Gasteiger partial charge on any atom is -0.507 e. The number of hydrogen-bond acceptors (Lipinski definition) is 9. The predicted octanol–water partition coefficient (Wildman–Crippen LogP) is 3.97. The number of aromatic nitrogens is 3. The standard InChI is InChI=1S/C20H19BrIN7O2/c21-14-2-1-3-16(11-14)24-18-25-19(27-20(26-18)29-6-8-31-9-7-29)28-23-12-13-10-15(22)4-5-17(13)30/h1-5,10-12,30H,6-9H2,(H2,24,25,26,27,28)/b23-12+. The molecule has 0 radical (unpaired) electrons. The van der Waals surface area contributed by atoms with Gasteiger partial charge in [-0.1, -0.05) is 22.0 Å². The topological polar surface area (TPSA) is 108 Å². The van der Waals surface area contributed by atoms with Crippen LogP contribution in [0.5, 0.6) is 5.75 Å². The summed E-state index contributed by atoms with van der Waals surface area (Å²) in [5.74, 6) is 1.36. The first-order chi connectivity index (χ1) is 15.1. The predicted molar refractivity (Wildman–Crippen MR) is 132 cm³/mol. The Kier molecular flexibility index (Phi) is 7.14. The molecule has 1 aliphatic rings. The first kappa shape index (κ1) is 21.7. The molecule has 1 saturated heterocycles. The van der Waals surface area contributed by atoms with Crippen LogP contribution < -0.4 is 15.6 Å². The van der Waals surface area contributed by atoms with Crippen LogP contribution in [-0.4, -0.2) is 52.6 Å². The molecule has 0 amide bonds. The molecular weight excluding hydrogens is 577 g/mol. The molecule has 0 unspecified atom stereocenters. The fourth-order valence-corrected chi connectivity index (χ4v) is 3.77. The zero-order chi connectivity index (χ0) is 21.6. The molecule has 1 fully saturated rings. The van der Waals surface area contributed by atoms with E-state index in [0.717, 1.165) is 13.7 Å². The Morgan fingerprint density at radius 3 is 2.71 bits per heavy atom. The van der Waals surface area contributed by atoms with Crippen molar-refractivity contribution in [2.24, 2.45) is 5.10 Å². The second-order valence-electron chi connectivity index (χ2n) is 6.59. The minimum atomic E-state index is 0.146. The largest absolute Gasteiger partial charge is 0.507 e. The number of ether oxygens (including phenoxy) is 1. The van der Waals surface area contributed by atoms with E-state index in [4.69, 9.17) is 4.74 Å². The van der Waals surface area contributed by atoms with Gasteiger partial charge in [-0.05, 0) is 59.0 Å². The summed E-state index contributed by atoms with van der Waals surface area (Å²) in [7, 11) is 0. The lowest BCUT2D eigenvalue weighted by Gasteiger charge is -2.27. The molecule has 0 atom stereocenters. The van der Waals surface area contributed by atoms with Crippen molar-refractivity contribution >= 4 is 68.3 Å². The molecule has 3 aromatic rings. The van der Waals surface area contributed by atoms with Gasteiger partial charge in [0, 0.05) is 32.4 Å². The molecule has 1 aliphatic heterocycles. The maximum atomic E-state index is 9.98. The highest BCUT2D eigenvalue weighted by Crippen LogP contribution is 2.22. The van der Waals surface area contributed by atoms with Crippen LogP contribution in [0.15, 0.2) is 52.0 Å². The zero-order valence-electron chi connectivity index (χ0n) is 16.3. The number of benzene rings is 2. The lowest BCUT2D eigenvalue weighted by atomic mass is 10.2. The van der Waals surface area contributed by atoms with E-state index in [0.29, 0.717) is 43.8 Å². The molecule has 11 heteroatoms. The van der Waals surface area contributed by atoms with E-state index in [9.17, 15) is 5.11 Å². The van der Waals surface area contributed by atoms with Crippen molar-refractivity contribution in [1.82, 2.24) is 15.0 Å². The second kappa shape index (κ2) is 10.2. The highest BCUT2D eigenvalue weighted by Gasteiger charge is 2.16. The highest BCUT2D eigenvalue weighted by atomic mass is 127. The summed E-state index contributed by atoms with van der Waals surface area (Å²) in [4.78, 5) is 15.5. The number of nitrogens with one attached hydrogen (secondary N) is 2. The Labute approximate surface area is 201 Å². The zero-order valence-corrected chi connectivity index (χ0v) is 20.0. The summed E-state index contributed by atoms with van der Waals surface area (Å²) in [6.07, 6.45) is 1.52. The summed E-state index contributed by atoms with van der Waals surface area (Å²) in [6.45, 7) is 2.62. The minimum absolute atomic E-state index is 0.146. The molecule has 160 valence electrons. The van der Waals surface area contributed by atoms with Crippen LogP contribution in [0.25, 0.3) is 0 Å². The van der Waals surface area contributed by atoms with E-state index < -0.39 is 0 Å². The SMILES string of the molecule is Oc1ccc(I)cc1/C=N/Nc1nc(Nc2cccc(Br)c2)nc(N2CCOCC2)n1. The third kappa shape index (κ3) is 6.02. The Balaban J connectivity index is 1.59. The maximum Gasteiger partial charge on any atom is 0.250 e. The van der Waals surface area contributed by atoms with Crippen LogP contribution in [-0.2, 0) is 4.74 Å². The fourth-order valence-electron chi connectivity index (χ4n) is 2.86. The van der Waals surface area contributed by atoms with Crippen molar-refractivity contribution in [2.75, 3.05) is 41.9 Å². The van der Waals surface area contributed by atoms with E-state index >= 15 is 0 Å². The molecule has 9 nitrogen and oxygen atoms in total. The van der Waals surface area contributed by atoms with Gasteiger partial charge in [0.25, 0.3) is 0 Å². The number of hydrogen-bond donors (Lipinski definition) is 3. The molecule has 0 bridgehead atoms. The Bertz CT molecular complexity index is 1090. The van der Waals surface area contributed by atoms with Crippen LogP contribution in [0.4, 0.5) is 23.5 Å². The van der Waals surface area contributed by atoms with Gasteiger partial charge < -0.3 is 20.1 Å². The van der Waals surface area contributed by atoms with Crippen molar-refractivity contribution < 1.29 is 9.84 Å². The first-order valence-corrected chi connectivity index (χ1v) is 11.3. The van der Waals surface area contributed by atoms with Gasteiger partial charge in [-0.2, -0.15) is 20.1 Å². The van der Waals surface area contributed by atoms with Crippen molar-refractivity contribution in [3.8, 4) is 5.75 Å². The summed E-state index contributed by atoms with van der Waals surface area (Å²) in [5.41, 5.74) is 4.27. The lowest BCUT2D eigenvalue weighted by molar-refractivity contribution is 0.122. The van der Waals surface area contributed by atoms with Crippen molar-refractivity contribution in [2.45, 2.75) is 0 Å². The number of phenols is 1.